The minimum absolute atomic E-state index is 0.0217. The number of carbonyl (C=O) groups excluding carboxylic acids is 1. The summed E-state index contributed by atoms with van der Waals surface area (Å²) in [7, 11) is 0. The van der Waals surface area contributed by atoms with E-state index in [1.807, 2.05) is 13.8 Å². The Labute approximate surface area is 108 Å². The lowest BCUT2D eigenvalue weighted by atomic mass is 9.94. The van der Waals surface area contributed by atoms with Crippen molar-refractivity contribution in [2.24, 2.45) is 0 Å². The highest BCUT2D eigenvalue weighted by molar-refractivity contribution is 6.27. The molecule has 0 radical (unpaired) electrons. The largest absolute Gasteiger partial charge is 0.350 e. The molecule has 0 aliphatic carbocycles. The third-order valence-electron chi connectivity index (χ3n) is 2.72. The highest BCUT2D eigenvalue weighted by Gasteiger charge is 2.19. The summed E-state index contributed by atoms with van der Waals surface area (Å²) in [5, 5.41) is 2.92. The number of amides is 1. The van der Waals surface area contributed by atoms with E-state index in [0.29, 0.717) is 0 Å². The molecule has 0 aliphatic rings. The van der Waals surface area contributed by atoms with Crippen LogP contribution in [0.3, 0.4) is 0 Å². The Balaban J connectivity index is 2.52. The molecule has 0 atom stereocenters. The fourth-order valence-corrected chi connectivity index (χ4v) is 1.86. The van der Waals surface area contributed by atoms with Gasteiger partial charge < -0.3 is 5.32 Å². The van der Waals surface area contributed by atoms with Crippen molar-refractivity contribution in [1.29, 1.82) is 0 Å². The van der Waals surface area contributed by atoms with Crippen molar-refractivity contribution in [3.05, 3.63) is 35.4 Å². The highest BCUT2D eigenvalue weighted by Crippen LogP contribution is 2.14. The van der Waals surface area contributed by atoms with Gasteiger partial charge in [-0.2, -0.15) is 0 Å². The zero-order chi connectivity index (χ0) is 12.9. The molecule has 17 heavy (non-hydrogen) atoms. The standard InChI is InChI=1S/C14H20ClNO/c1-11-5-4-6-12(9-11)7-8-14(2,3)16-13(17)10-15/h4-6,9H,7-8,10H2,1-3H3,(H,16,17). The number of aryl methyl sites for hydroxylation is 2. The van der Waals surface area contributed by atoms with Crippen LogP contribution in [0.4, 0.5) is 0 Å². The van der Waals surface area contributed by atoms with Crippen molar-refractivity contribution in [1.82, 2.24) is 5.32 Å². The van der Waals surface area contributed by atoms with Crippen LogP contribution in [0.15, 0.2) is 24.3 Å². The third kappa shape index (κ3) is 5.22. The number of benzene rings is 1. The molecule has 1 amide bonds. The molecule has 3 heteroatoms. The van der Waals surface area contributed by atoms with E-state index in [4.69, 9.17) is 11.6 Å². The lowest BCUT2D eigenvalue weighted by molar-refractivity contribution is -0.120. The Morgan fingerprint density at radius 1 is 1.41 bits per heavy atom. The van der Waals surface area contributed by atoms with E-state index in [2.05, 4.69) is 36.5 Å². The van der Waals surface area contributed by atoms with Gasteiger partial charge in [0.2, 0.25) is 5.91 Å². The molecule has 0 saturated carbocycles. The van der Waals surface area contributed by atoms with Crippen LogP contribution >= 0.6 is 11.6 Å². The molecule has 0 heterocycles. The second-order valence-corrected chi connectivity index (χ2v) is 5.32. The molecule has 0 aromatic heterocycles. The number of rotatable bonds is 5. The van der Waals surface area contributed by atoms with E-state index < -0.39 is 0 Å². The molecule has 0 bridgehead atoms. The summed E-state index contributed by atoms with van der Waals surface area (Å²) in [5.74, 6) is -0.0886. The lowest BCUT2D eigenvalue weighted by Crippen LogP contribution is -2.44. The van der Waals surface area contributed by atoms with Crippen molar-refractivity contribution in [3.8, 4) is 0 Å². The summed E-state index contributed by atoms with van der Waals surface area (Å²) < 4.78 is 0. The molecule has 1 aromatic carbocycles. The van der Waals surface area contributed by atoms with E-state index in [1.165, 1.54) is 11.1 Å². The third-order valence-corrected chi connectivity index (χ3v) is 2.96. The van der Waals surface area contributed by atoms with Gasteiger partial charge in [0.1, 0.15) is 5.88 Å². The number of carbonyl (C=O) groups is 1. The maximum Gasteiger partial charge on any atom is 0.235 e. The van der Waals surface area contributed by atoms with Gasteiger partial charge >= 0.3 is 0 Å². The van der Waals surface area contributed by atoms with Crippen LogP contribution in [0, 0.1) is 6.92 Å². The molecule has 0 spiro atoms. The zero-order valence-electron chi connectivity index (χ0n) is 10.7. The van der Waals surface area contributed by atoms with Crippen molar-refractivity contribution in [2.45, 2.75) is 39.2 Å². The molecular weight excluding hydrogens is 234 g/mol. The minimum Gasteiger partial charge on any atom is -0.350 e. The average Bonchev–Trinajstić information content (AvgIpc) is 2.26. The first-order chi connectivity index (χ1) is 7.93. The van der Waals surface area contributed by atoms with Gasteiger partial charge in [-0.3, -0.25) is 4.79 Å². The smallest absolute Gasteiger partial charge is 0.235 e. The van der Waals surface area contributed by atoms with Gasteiger partial charge in [-0.25, -0.2) is 0 Å². The van der Waals surface area contributed by atoms with Gasteiger partial charge in [-0.05, 0) is 39.2 Å². The predicted molar refractivity (Wildman–Crippen MR) is 72.4 cm³/mol. The summed E-state index contributed by atoms with van der Waals surface area (Å²) in [6, 6.07) is 8.45. The molecule has 2 nitrogen and oxygen atoms in total. The first kappa shape index (κ1) is 14.0. The van der Waals surface area contributed by atoms with E-state index in [1.54, 1.807) is 0 Å². The van der Waals surface area contributed by atoms with Crippen LogP contribution in [-0.2, 0) is 11.2 Å². The second-order valence-electron chi connectivity index (χ2n) is 5.05. The Bertz CT molecular complexity index is 388. The van der Waals surface area contributed by atoms with Crippen molar-refractivity contribution in [3.63, 3.8) is 0 Å². The summed E-state index contributed by atoms with van der Waals surface area (Å²) in [5.41, 5.74) is 2.36. The van der Waals surface area contributed by atoms with Gasteiger partial charge in [0.25, 0.3) is 0 Å². The molecule has 1 aromatic rings. The van der Waals surface area contributed by atoms with Gasteiger partial charge in [0, 0.05) is 5.54 Å². The van der Waals surface area contributed by atoms with E-state index in [-0.39, 0.29) is 17.3 Å². The molecule has 0 saturated heterocycles. The van der Waals surface area contributed by atoms with E-state index >= 15 is 0 Å². The highest BCUT2D eigenvalue weighted by atomic mass is 35.5. The number of hydrogen-bond acceptors (Lipinski definition) is 1. The Hall–Kier alpha value is -1.02. The first-order valence-electron chi connectivity index (χ1n) is 5.85. The predicted octanol–water partition coefficient (Wildman–Crippen LogP) is 3.06. The van der Waals surface area contributed by atoms with Crippen molar-refractivity contribution >= 4 is 17.5 Å². The molecular formula is C14H20ClNO. The van der Waals surface area contributed by atoms with E-state index in [0.717, 1.165) is 12.8 Å². The molecule has 1 N–H and O–H groups in total. The van der Waals surface area contributed by atoms with Crippen molar-refractivity contribution < 1.29 is 4.79 Å². The van der Waals surface area contributed by atoms with Crippen LogP contribution in [0.1, 0.15) is 31.4 Å². The average molecular weight is 254 g/mol. The SMILES string of the molecule is Cc1cccc(CCC(C)(C)NC(=O)CCl)c1. The fraction of sp³-hybridized carbons (Fsp3) is 0.500. The van der Waals surface area contributed by atoms with Gasteiger partial charge in [0.15, 0.2) is 0 Å². The molecule has 0 unspecified atom stereocenters. The monoisotopic (exact) mass is 253 g/mol. The number of alkyl halides is 1. The Morgan fingerprint density at radius 2 is 2.12 bits per heavy atom. The second kappa shape index (κ2) is 6.06. The van der Waals surface area contributed by atoms with Crippen molar-refractivity contribution in [2.75, 3.05) is 5.88 Å². The van der Waals surface area contributed by atoms with Gasteiger partial charge in [-0.15, -0.1) is 11.6 Å². The van der Waals surface area contributed by atoms with Crippen LogP contribution in [0.25, 0.3) is 0 Å². The fourth-order valence-electron chi connectivity index (χ4n) is 1.80. The first-order valence-corrected chi connectivity index (χ1v) is 6.39. The number of hydrogen-bond donors (Lipinski definition) is 1. The van der Waals surface area contributed by atoms with Crippen LogP contribution < -0.4 is 5.32 Å². The molecule has 94 valence electrons. The Morgan fingerprint density at radius 3 is 2.71 bits per heavy atom. The lowest BCUT2D eigenvalue weighted by Gasteiger charge is -2.26. The maximum atomic E-state index is 11.2. The number of halogens is 1. The van der Waals surface area contributed by atoms with Crippen LogP contribution in [-0.4, -0.2) is 17.3 Å². The van der Waals surface area contributed by atoms with Crippen LogP contribution in [0.2, 0.25) is 0 Å². The molecule has 0 aliphatic heterocycles. The minimum atomic E-state index is -0.213. The summed E-state index contributed by atoms with van der Waals surface area (Å²) in [6.07, 6.45) is 1.86. The quantitative estimate of drug-likeness (QED) is 0.803. The van der Waals surface area contributed by atoms with Gasteiger partial charge in [-0.1, -0.05) is 29.8 Å². The summed E-state index contributed by atoms with van der Waals surface area (Å²) in [6.45, 7) is 6.13. The summed E-state index contributed by atoms with van der Waals surface area (Å²) >= 11 is 5.48. The van der Waals surface area contributed by atoms with E-state index in [9.17, 15) is 4.79 Å². The Kier molecular flexibility index (Phi) is 5.01. The van der Waals surface area contributed by atoms with Gasteiger partial charge in [0.05, 0.1) is 0 Å². The maximum absolute atomic E-state index is 11.2. The molecule has 1 rings (SSSR count). The number of nitrogens with one attached hydrogen (secondary N) is 1. The zero-order valence-corrected chi connectivity index (χ0v) is 11.5. The summed E-state index contributed by atoms with van der Waals surface area (Å²) in [4.78, 5) is 11.2. The van der Waals surface area contributed by atoms with Crippen LogP contribution in [0.5, 0.6) is 0 Å². The topological polar surface area (TPSA) is 29.1 Å². The normalized spacial score (nSPS) is 11.3. The molecule has 0 fully saturated rings.